The van der Waals surface area contributed by atoms with Crippen molar-refractivity contribution in [2.75, 3.05) is 12.4 Å². The quantitative estimate of drug-likeness (QED) is 0.705. The lowest BCUT2D eigenvalue weighted by Crippen LogP contribution is -2.28. The minimum absolute atomic E-state index is 0.00826. The number of aromatic nitrogens is 3. The van der Waals surface area contributed by atoms with E-state index in [1.807, 2.05) is 37.3 Å². The van der Waals surface area contributed by atoms with E-state index in [2.05, 4.69) is 20.1 Å². The predicted octanol–water partition coefficient (Wildman–Crippen LogP) is 3.30. The second kappa shape index (κ2) is 8.44. The molecule has 7 heteroatoms. The highest BCUT2D eigenvalue weighted by Gasteiger charge is 2.32. The van der Waals surface area contributed by atoms with Crippen molar-refractivity contribution in [3.05, 3.63) is 41.7 Å². The molecule has 2 fully saturated rings. The average molecular weight is 387 g/mol. The molecule has 0 bridgehead atoms. The predicted molar refractivity (Wildman–Crippen MR) is 105 cm³/mol. The van der Waals surface area contributed by atoms with Gasteiger partial charge in [0, 0.05) is 12.5 Å². The zero-order valence-electron chi connectivity index (χ0n) is 15.6. The molecule has 6 nitrogen and oxygen atoms in total. The van der Waals surface area contributed by atoms with E-state index >= 15 is 0 Å². The molecule has 1 aliphatic heterocycles. The normalized spacial score (nSPS) is 20.6. The Labute approximate surface area is 164 Å². The van der Waals surface area contributed by atoms with Crippen molar-refractivity contribution in [3.8, 4) is 0 Å². The Morgan fingerprint density at radius 2 is 2.11 bits per heavy atom. The molecule has 0 radical (unpaired) electrons. The van der Waals surface area contributed by atoms with Gasteiger partial charge in [0.2, 0.25) is 5.91 Å². The van der Waals surface area contributed by atoms with E-state index in [9.17, 15) is 4.79 Å². The zero-order chi connectivity index (χ0) is 18.6. The second-order valence-corrected chi connectivity index (χ2v) is 8.29. The molecule has 2 aliphatic rings. The lowest BCUT2D eigenvalue weighted by Gasteiger charge is -2.15. The molecule has 1 aliphatic carbocycles. The topological polar surface area (TPSA) is 69.0 Å². The molecule has 1 saturated carbocycles. The van der Waals surface area contributed by atoms with E-state index in [4.69, 9.17) is 4.74 Å². The molecule has 1 aromatic heterocycles. The van der Waals surface area contributed by atoms with E-state index in [0.29, 0.717) is 11.7 Å². The molecule has 27 heavy (non-hydrogen) atoms. The lowest BCUT2D eigenvalue weighted by molar-refractivity contribution is -0.119. The van der Waals surface area contributed by atoms with E-state index < -0.39 is 0 Å². The maximum absolute atomic E-state index is 12.4. The Morgan fingerprint density at radius 1 is 1.30 bits per heavy atom. The van der Waals surface area contributed by atoms with Crippen LogP contribution in [-0.4, -0.2) is 39.1 Å². The van der Waals surface area contributed by atoms with Crippen molar-refractivity contribution < 1.29 is 9.53 Å². The van der Waals surface area contributed by atoms with E-state index in [1.54, 1.807) is 0 Å². The summed E-state index contributed by atoms with van der Waals surface area (Å²) in [5, 5.41) is 12.7. The summed E-state index contributed by atoms with van der Waals surface area (Å²) in [5.74, 6) is 1.94. The first kappa shape index (κ1) is 18.5. The molecule has 1 saturated heterocycles. The summed E-state index contributed by atoms with van der Waals surface area (Å²) in [6.07, 6.45) is 4.81. The molecule has 2 unspecified atom stereocenters. The van der Waals surface area contributed by atoms with Gasteiger partial charge in [0.15, 0.2) is 5.16 Å². The van der Waals surface area contributed by atoms with Gasteiger partial charge in [0.05, 0.1) is 24.4 Å². The number of hydrogen-bond acceptors (Lipinski definition) is 5. The number of thioether (sulfide) groups is 1. The zero-order valence-corrected chi connectivity index (χ0v) is 16.5. The van der Waals surface area contributed by atoms with Crippen LogP contribution in [0.25, 0.3) is 0 Å². The smallest absolute Gasteiger partial charge is 0.230 e. The van der Waals surface area contributed by atoms with Crippen molar-refractivity contribution in [1.82, 2.24) is 20.1 Å². The van der Waals surface area contributed by atoms with Crippen LogP contribution in [0.5, 0.6) is 0 Å². The van der Waals surface area contributed by atoms with E-state index in [1.165, 1.54) is 24.6 Å². The van der Waals surface area contributed by atoms with Gasteiger partial charge in [-0.15, -0.1) is 10.2 Å². The fraction of sp³-hybridized carbons (Fsp3) is 0.550. The summed E-state index contributed by atoms with van der Waals surface area (Å²) in [7, 11) is 0. The Hall–Kier alpha value is -1.86. The first-order valence-electron chi connectivity index (χ1n) is 9.72. The summed E-state index contributed by atoms with van der Waals surface area (Å²) in [4.78, 5) is 12.4. The van der Waals surface area contributed by atoms with Gasteiger partial charge in [-0.05, 0) is 38.2 Å². The molecule has 4 rings (SSSR count). The van der Waals surface area contributed by atoms with Crippen molar-refractivity contribution in [3.63, 3.8) is 0 Å². The second-order valence-electron chi connectivity index (χ2n) is 7.35. The van der Waals surface area contributed by atoms with Crippen LogP contribution in [-0.2, 0) is 16.1 Å². The minimum atomic E-state index is -0.00826. The van der Waals surface area contributed by atoms with E-state index in [0.717, 1.165) is 42.5 Å². The van der Waals surface area contributed by atoms with Crippen LogP contribution in [0, 0.1) is 0 Å². The molecule has 1 amide bonds. The molecule has 2 aromatic rings. The van der Waals surface area contributed by atoms with Crippen LogP contribution in [0.2, 0.25) is 0 Å². The lowest BCUT2D eigenvalue weighted by atomic mass is 10.1. The highest BCUT2D eigenvalue weighted by molar-refractivity contribution is 7.99. The molecule has 1 N–H and O–H groups in total. The van der Waals surface area contributed by atoms with E-state index in [-0.39, 0.29) is 18.1 Å². The SMILES string of the molecule is CC(NC(=O)CSc1nnc(C2CC2)n1CC1CCCO1)c1ccccc1. The Morgan fingerprint density at radius 3 is 2.81 bits per heavy atom. The molecule has 2 heterocycles. The highest BCUT2D eigenvalue weighted by atomic mass is 32.2. The molecule has 2 atom stereocenters. The first-order valence-corrected chi connectivity index (χ1v) is 10.7. The Kier molecular flexibility index (Phi) is 5.78. The molecule has 144 valence electrons. The summed E-state index contributed by atoms with van der Waals surface area (Å²) in [5.41, 5.74) is 1.11. The number of amides is 1. The fourth-order valence-electron chi connectivity index (χ4n) is 3.45. The van der Waals surface area contributed by atoms with Gasteiger partial charge in [-0.25, -0.2) is 0 Å². The minimum Gasteiger partial charge on any atom is -0.376 e. The maximum atomic E-state index is 12.4. The third-order valence-electron chi connectivity index (χ3n) is 5.11. The fourth-order valence-corrected chi connectivity index (χ4v) is 4.22. The van der Waals surface area contributed by atoms with Crippen LogP contribution in [0.15, 0.2) is 35.5 Å². The number of nitrogens with zero attached hydrogens (tertiary/aromatic N) is 3. The molecular weight excluding hydrogens is 360 g/mol. The standard InChI is InChI=1S/C20H26N4O2S/c1-14(15-6-3-2-4-7-15)21-18(25)13-27-20-23-22-19(16-9-10-16)24(20)12-17-8-5-11-26-17/h2-4,6-7,14,16-17H,5,8-13H2,1H3,(H,21,25). The summed E-state index contributed by atoms with van der Waals surface area (Å²) in [6.45, 7) is 3.64. The average Bonchev–Trinajstić information content (AvgIpc) is 3.25. The third kappa shape index (κ3) is 4.71. The van der Waals surface area contributed by atoms with Crippen molar-refractivity contribution >= 4 is 17.7 Å². The maximum Gasteiger partial charge on any atom is 0.230 e. The monoisotopic (exact) mass is 386 g/mol. The van der Waals surface area contributed by atoms with Crippen molar-refractivity contribution in [1.29, 1.82) is 0 Å². The number of nitrogens with one attached hydrogen (secondary N) is 1. The van der Waals surface area contributed by atoms with Gasteiger partial charge in [0.25, 0.3) is 0 Å². The molecule has 0 spiro atoms. The largest absolute Gasteiger partial charge is 0.376 e. The van der Waals surface area contributed by atoms with Crippen LogP contribution >= 0.6 is 11.8 Å². The van der Waals surface area contributed by atoms with Crippen molar-refractivity contribution in [2.45, 2.75) is 62.4 Å². The van der Waals surface area contributed by atoms with Crippen LogP contribution in [0.3, 0.4) is 0 Å². The summed E-state index contributed by atoms with van der Waals surface area (Å²) < 4.78 is 7.99. The van der Waals surface area contributed by atoms with Gasteiger partial charge in [-0.2, -0.15) is 0 Å². The highest BCUT2D eigenvalue weighted by Crippen LogP contribution is 2.40. The number of ether oxygens (including phenoxy) is 1. The Balaban J connectivity index is 1.36. The number of hydrogen-bond donors (Lipinski definition) is 1. The number of rotatable bonds is 8. The van der Waals surface area contributed by atoms with Gasteiger partial charge < -0.3 is 14.6 Å². The number of benzene rings is 1. The number of carbonyl (C=O) groups is 1. The summed E-state index contributed by atoms with van der Waals surface area (Å²) in [6, 6.07) is 9.99. The number of carbonyl (C=O) groups excluding carboxylic acids is 1. The molecule has 1 aromatic carbocycles. The van der Waals surface area contributed by atoms with Crippen LogP contribution in [0.1, 0.15) is 56.0 Å². The Bertz CT molecular complexity index is 770. The first-order chi connectivity index (χ1) is 13.2. The summed E-state index contributed by atoms with van der Waals surface area (Å²) >= 11 is 1.46. The van der Waals surface area contributed by atoms with Gasteiger partial charge in [0.1, 0.15) is 5.82 Å². The van der Waals surface area contributed by atoms with Crippen molar-refractivity contribution in [2.24, 2.45) is 0 Å². The third-order valence-corrected chi connectivity index (χ3v) is 6.07. The molecular formula is C20H26N4O2S. The van der Waals surface area contributed by atoms with Gasteiger partial charge >= 0.3 is 0 Å². The van der Waals surface area contributed by atoms with Crippen LogP contribution < -0.4 is 5.32 Å². The van der Waals surface area contributed by atoms with Crippen LogP contribution in [0.4, 0.5) is 0 Å². The van der Waals surface area contributed by atoms with Gasteiger partial charge in [-0.3, -0.25) is 4.79 Å². The van der Waals surface area contributed by atoms with Gasteiger partial charge in [-0.1, -0.05) is 42.1 Å².